The van der Waals surface area contributed by atoms with Crippen molar-refractivity contribution in [3.8, 4) is 0 Å². The summed E-state index contributed by atoms with van der Waals surface area (Å²) in [5, 5.41) is 3.54. The highest BCUT2D eigenvalue weighted by atomic mass is 16.5. The summed E-state index contributed by atoms with van der Waals surface area (Å²) in [5.74, 6) is 0.283. The average molecular weight is 409 g/mol. The molecule has 1 amide bonds. The number of ether oxygens (including phenoxy) is 1. The number of benzene rings is 1. The van der Waals surface area contributed by atoms with E-state index in [1.54, 1.807) is 0 Å². The second-order valence-electron chi connectivity index (χ2n) is 8.14. The fraction of sp³-hybridized carbons (Fsp3) is 0.500. The largest absolute Gasteiger partial charge is 0.379 e. The van der Waals surface area contributed by atoms with Gasteiger partial charge in [0.25, 0.3) is 0 Å². The van der Waals surface area contributed by atoms with E-state index < -0.39 is 0 Å². The van der Waals surface area contributed by atoms with E-state index in [0.29, 0.717) is 12.5 Å². The van der Waals surface area contributed by atoms with Crippen LogP contribution in [0.1, 0.15) is 36.4 Å². The number of hydrogen-bond acceptors (Lipinski definition) is 5. The Bertz CT molecular complexity index is 780. The maximum Gasteiger partial charge on any atom is 0.222 e. The fourth-order valence-corrected chi connectivity index (χ4v) is 4.52. The standard InChI is InChI=1S/C24H32N4O2/c29-24-9-8-22(10-12-26-17-20-5-2-1-3-6-20)28(24)19-23(21-7-4-11-25-18-21)27-13-15-30-16-14-27/h1-7,11,18,22-23,26H,8-10,12-17,19H2/t22-,23+/m0/s1. The van der Waals surface area contributed by atoms with Crippen molar-refractivity contribution in [1.29, 1.82) is 0 Å². The van der Waals surface area contributed by atoms with Crippen LogP contribution in [0.3, 0.4) is 0 Å². The number of carbonyl (C=O) groups excluding carboxylic acids is 1. The molecule has 0 saturated carbocycles. The molecule has 0 aliphatic carbocycles. The monoisotopic (exact) mass is 408 g/mol. The van der Waals surface area contributed by atoms with Gasteiger partial charge in [-0.05, 0) is 36.6 Å². The number of pyridine rings is 1. The first-order valence-corrected chi connectivity index (χ1v) is 11.1. The summed E-state index contributed by atoms with van der Waals surface area (Å²) in [6.07, 6.45) is 6.35. The number of likely N-dealkylation sites (tertiary alicyclic amines) is 1. The van der Waals surface area contributed by atoms with Crippen LogP contribution in [0, 0.1) is 0 Å². The second-order valence-corrected chi connectivity index (χ2v) is 8.14. The molecule has 30 heavy (non-hydrogen) atoms. The number of carbonyl (C=O) groups is 1. The van der Waals surface area contributed by atoms with Crippen LogP contribution in [-0.2, 0) is 16.1 Å². The first kappa shape index (κ1) is 21.0. The van der Waals surface area contributed by atoms with Crippen LogP contribution in [0.15, 0.2) is 54.9 Å². The molecule has 1 aromatic carbocycles. The van der Waals surface area contributed by atoms with E-state index in [4.69, 9.17) is 4.74 Å². The van der Waals surface area contributed by atoms with E-state index in [1.807, 2.05) is 24.5 Å². The second kappa shape index (κ2) is 10.7. The van der Waals surface area contributed by atoms with E-state index in [0.717, 1.165) is 58.8 Å². The van der Waals surface area contributed by atoms with Gasteiger partial charge in [0, 0.05) is 51.0 Å². The number of morpholine rings is 1. The smallest absolute Gasteiger partial charge is 0.222 e. The first-order chi connectivity index (χ1) is 14.8. The Morgan fingerprint density at radius 1 is 1.13 bits per heavy atom. The van der Waals surface area contributed by atoms with Crippen LogP contribution in [0.2, 0.25) is 0 Å². The predicted octanol–water partition coefficient (Wildman–Crippen LogP) is 2.63. The number of aromatic nitrogens is 1. The van der Waals surface area contributed by atoms with Crippen LogP contribution in [0.4, 0.5) is 0 Å². The minimum absolute atomic E-state index is 0.171. The van der Waals surface area contributed by atoms with Crippen LogP contribution in [0.5, 0.6) is 0 Å². The number of hydrogen-bond donors (Lipinski definition) is 1. The van der Waals surface area contributed by atoms with Crippen molar-refractivity contribution in [2.45, 2.75) is 37.9 Å². The summed E-state index contributed by atoms with van der Waals surface area (Å²) >= 11 is 0. The quantitative estimate of drug-likeness (QED) is 0.647. The van der Waals surface area contributed by atoms with Gasteiger partial charge in [0.1, 0.15) is 0 Å². The topological polar surface area (TPSA) is 57.7 Å². The normalized spacial score (nSPS) is 21.1. The molecular formula is C24H32N4O2. The van der Waals surface area contributed by atoms with Gasteiger partial charge >= 0.3 is 0 Å². The van der Waals surface area contributed by atoms with Gasteiger partial charge in [0.15, 0.2) is 0 Å². The Morgan fingerprint density at radius 3 is 2.73 bits per heavy atom. The maximum absolute atomic E-state index is 12.7. The van der Waals surface area contributed by atoms with Gasteiger partial charge in [-0.15, -0.1) is 0 Å². The van der Waals surface area contributed by atoms with Crippen LogP contribution < -0.4 is 5.32 Å². The molecule has 2 fully saturated rings. The van der Waals surface area contributed by atoms with Crippen molar-refractivity contribution < 1.29 is 9.53 Å². The molecule has 4 rings (SSSR count). The minimum Gasteiger partial charge on any atom is -0.379 e. The third-order valence-corrected chi connectivity index (χ3v) is 6.20. The Kier molecular flexibility index (Phi) is 7.45. The van der Waals surface area contributed by atoms with Crippen molar-refractivity contribution in [2.75, 3.05) is 39.4 Å². The van der Waals surface area contributed by atoms with Crippen molar-refractivity contribution in [3.05, 3.63) is 66.0 Å². The van der Waals surface area contributed by atoms with Crippen LogP contribution in [-0.4, -0.2) is 66.1 Å². The van der Waals surface area contributed by atoms with E-state index in [1.165, 1.54) is 11.1 Å². The number of nitrogens with zero attached hydrogens (tertiary/aromatic N) is 3. The van der Waals surface area contributed by atoms with Gasteiger partial charge in [-0.1, -0.05) is 36.4 Å². The molecule has 6 heteroatoms. The molecule has 2 saturated heterocycles. The van der Waals surface area contributed by atoms with Gasteiger partial charge in [0.2, 0.25) is 5.91 Å². The van der Waals surface area contributed by atoms with Crippen molar-refractivity contribution in [2.24, 2.45) is 0 Å². The molecular weight excluding hydrogens is 376 g/mol. The van der Waals surface area contributed by atoms with Crippen LogP contribution in [0.25, 0.3) is 0 Å². The highest BCUT2D eigenvalue weighted by molar-refractivity contribution is 5.78. The van der Waals surface area contributed by atoms with E-state index >= 15 is 0 Å². The third-order valence-electron chi connectivity index (χ3n) is 6.20. The summed E-state index contributed by atoms with van der Waals surface area (Å²) < 4.78 is 5.55. The van der Waals surface area contributed by atoms with Crippen molar-refractivity contribution in [3.63, 3.8) is 0 Å². The van der Waals surface area contributed by atoms with Gasteiger partial charge in [0.05, 0.1) is 19.3 Å². The predicted molar refractivity (Wildman–Crippen MR) is 117 cm³/mol. The molecule has 3 heterocycles. The SMILES string of the molecule is O=C1CC[C@@H](CCNCc2ccccc2)N1C[C@H](c1cccnc1)N1CCOCC1. The lowest BCUT2D eigenvalue weighted by Crippen LogP contribution is -2.46. The summed E-state index contributed by atoms with van der Waals surface area (Å²) in [4.78, 5) is 21.6. The summed E-state index contributed by atoms with van der Waals surface area (Å²) in [6.45, 7) is 5.80. The van der Waals surface area contributed by atoms with Crippen LogP contribution >= 0.6 is 0 Å². The molecule has 0 radical (unpaired) electrons. The van der Waals surface area contributed by atoms with E-state index in [-0.39, 0.29) is 11.9 Å². The lowest BCUT2D eigenvalue weighted by atomic mass is 10.0. The molecule has 0 spiro atoms. The Hall–Kier alpha value is -2.28. The average Bonchev–Trinajstić information content (AvgIpc) is 3.16. The number of nitrogens with one attached hydrogen (secondary N) is 1. The van der Waals surface area contributed by atoms with Gasteiger partial charge in [-0.2, -0.15) is 0 Å². The lowest BCUT2D eigenvalue weighted by Gasteiger charge is -2.38. The van der Waals surface area contributed by atoms with E-state index in [2.05, 4.69) is 50.4 Å². The Morgan fingerprint density at radius 2 is 1.97 bits per heavy atom. The molecule has 2 atom stereocenters. The fourth-order valence-electron chi connectivity index (χ4n) is 4.52. The summed E-state index contributed by atoms with van der Waals surface area (Å²) in [7, 11) is 0. The van der Waals surface area contributed by atoms with E-state index in [9.17, 15) is 4.79 Å². The first-order valence-electron chi connectivity index (χ1n) is 11.1. The highest BCUT2D eigenvalue weighted by Gasteiger charge is 2.34. The van der Waals surface area contributed by atoms with Gasteiger partial charge in [-0.3, -0.25) is 14.7 Å². The molecule has 2 aromatic rings. The molecule has 1 aromatic heterocycles. The molecule has 1 N–H and O–H groups in total. The Balaban J connectivity index is 1.37. The molecule has 6 nitrogen and oxygen atoms in total. The Labute approximate surface area is 179 Å². The number of amides is 1. The van der Waals surface area contributed by atoms with Crippen molar-refractivity contribution in [1.82, 2.24) is 20.1 Å². The minimum atomic E-state index is 0.171. The zero-order valence-electron chi connectivity index (χ0n) is 17.6. The summed E-state index contributed by atoms with van der Waals surface area (Å²) in [5.41, 5.74) is 2.47. The molecule has 0 bridgehead atoms. The zero-order chi connectivity index (χ0) is 20.6. The molecule has 2 aliphatic heterocycles. The van der Waals surface area contributed by atoms with Crippen molar-refractivity contribution >= 4 is 5.91 Å². The lowest BCUT2D eigenvalue weighted by molar-refractivity contribution is -0.130. The highest BCUT2D eigenvalue weighted by Crippen LogP contribution is 2.28. The van der Waals surface area contributed by atoms with Gasteiger partial charge in [-0.25, -0.2) is 0 Å². The molecule has 160 valence electrons. The maximum atomic E-state index is 12.7. The zero-order valence-corrected chi connectivity index (χ0v) is 17.6. The third kappa shape index (κ3) is 5.45. The molecule has 2 aliphatic rings. The number of rotatable bonds is 9. The summed E-state index contributed by atoms with van der Waals surface area (Å²) in [6, 6.07) is 15.0. The van der Waals surface area contributed by atoms with Gasteiger partial charge < -0.3 is 15.0 Å². The molecule has 0 unspecified atom stereocenters.